The molecule has 0 aromatic heterocycles. The van der Waals surface area contributed by atoms with Crippen molar-refractivity contribution in [1.29, 1.82) is 0 Å². The highest BCUT2D eigenvalue weighted by Crippen LogP contribution is 2.28. The molecule has 2 rings (SSSR count). The van der Waals surface area contributed by atoms with Gasteiger partial charge in [0, 0.05) is 22.9 Å². The maximum absolute atomic E-state index is 12.4. The van der Waals surface area contributed by atoms with Gasteiger partial charge in [-0.15, -0.1) is 0 Å². The van der Waals surface area contributed by atoms with E-state index in [9.17, 15) is 14.4 Å². The first-order valence-electron chi connectivity index (χ1n) is 10.2. The molecule has 8 heteroatoms. The van der Waals surface area contributed by atoms with Crippen LogP contribution in [0.4, 0.5) is 11.4 Å². The molecule has 31 heavy (non-hydrogen) atoms. The van der Waals surface area contributed by atoms with Gasteiger partial charge < -0.3 is 25.4 Å². The number of benzene rings is 2. The maximum atomic E-state index is 12.4. The van der Waals surface area contributed by atoms with Gasteiger partial charge >= 0.3 is 0 Å². The molecule has 0 atom stereocenters. The molecule has 0 radical (unpaired) electrons. The van der Waals surface area contributed by atoms with Gasteiger partial charge in [0.1, 0.15) is 0 Å². The van der Waals surface area contributed by atoms with E-state index in [1.54, 1.807) is 56.3 Å². The summed E-state index contributed by atoms with van der Waals surface area (Å²) >= 11 is 0. The van der Waals surface area contributed by atoms with Crippen molar-refractivity contribution in [1.82, 2.24) is 5.32 Å². The highest BCUT2D eigenvalue weighted by atomic mass is 16.5. The van der Waals surface area contributed by atoms with Crippen LogP contribution in [0.1, 0.15) is 38.1 Å². The molecule has 2 aromatic rings. The lowest BCUT2D eigenvalue weighted by Gasteiger charge is -2.13. The summed E-state index contributed by atoms with van der Waals surface area (Å²) in [7, 11) is 0. The zero-order chi connectivity index (χ0) is 22.8. The summed E-state index contributed by atoms with van der Waals surface area (Å²) in [6.45, 7) is 8.01. The van der Waals surface area contributed by atoms with Crippen molar-refractivity contribution in [2.45, 2.75) is 27.7 Å². The summed E-state index contributed by atoms with van der Waals surface area (Å²) in [4.78, 5) is 36.5. The first kappa shape index (κ1) is 23.7. The van der Waals surface area contributed by atoms with E-state index in [-0.39, 0.29) is 18.4 Å². The molecule has 3 amide bonds. The van der Waals surface area contributed by atoms with E-state index < -0.39 is 11.8 Å². The monoisotopic (exact) mass is 427 g/mol. The van der Waals surface area contributed by atoms with E-state index >= 15 is 0 Å². The molecule has 0 fully saturated rings. The number of hydrogen-bond donors (Lipinski definition) is 3. The minimum atomic E-state index is -0.405. The van der Waals surface area contributed by atoms with E-state index in [4.69, 9.17) is 9.47 Å². The molecule has 8 nitrogen and oxygen atoms in total. The van der Waals surface area contributed by atoms with E-state index in [0.717, 1.165) is 0 Å². The Morgan fingerprint density at radius 2 is 1.52 bits per heavy atom. The average molecular weight is 428 g/mol. The Labute approximate surface area is 182 Å². The largest absolute Gasteiger partial charge is 0.490 e. The molecule has 0 saturated heterocycles. The van der Waals surface area contributed by atoms with Crippen LogP contribution in [0, 0.1) is 5.92 Å². The highest BCUT2D eigenvalue weighted by molar-refractivity contribution is 6.00. The van der Waals surface area contributed by atoms with Crippen LogP contribution in [0.2, 0.25) is 0 Å². The van der Waals surface area contributed by atoms with Gasteiger partial charge in [0.2, 0.25) is 11.8 Å². The topological polar surface area (TPSA) is 106 Å². The Bertz CT molecular complexity index is 927. The van der Waals surface area contributed by atoms with Gasteiger partial charge in [-0.05, 0) is 50.2 Å². The van der Waals surface area contributed by atoms with Crippen LogP contribution in [0.15, 0.2) is 42.5 Å². The summed E-state index contributed by atoms with van der Waals surface area (Å²) in [5.41, 5.74) is 1.46. The summed E-state index contributed by atoms with van der Waals surface area (Å²) in [5, 5.41) is 8.06. The Hall–Kier alpha value is -3.55. The lowest BCUT2D eigenvalue weighted by molar-refractivity contribution is -0.119. The van der Waals surface area contributed by atoms with Crippen LogP contribution in [0.3, 0.4) is 0 Å². The van der Waals surface area contributed by atoms with Crippen molar-refractivity contribution in [2.75, 3.05) is 30.4 Å². The number of ether oxygens (including phenoxy) is 2. The first-order chi connectivity index (χ1) is 14.8. The van der Waals surface area contributed by atoms with Gasteiger partial charge in [0.15, 0.2) is 11.5 Å². The zero-order valence-corrected chi connectivity index (χ0v) is 18.3. The minimum absolute atomic E-state index is 0.113. The molecular weight excluding hydrogens is 398 g/mol. The first-order valence-corrected chi connectivity index (χ1v) is 10.2. The standard InChI is InChI=1S/C23H29N3O5/c1-5-30-19-11-10-16(12-20(19)31-6-2)23(29)24-14-21(27)25-17-8-7-9-18(13-17)26-22(28)15(3)4/h7-13,15H,5-6,14H2,1-4H3,(H,24,29)(H,25,27)(H,26,28). The second kappa shape index (κ2) is 11.6. The third-order valence-corrected chi connectivity index (χ3v) is 4.15. The third kappa shape index (κ3) is 7.33. The third-order valence-electron chi connectivity index (χ3n) is 4.15. The quantitative estimate of drug-likeness (QED) is 0.539. The Balaban J connectivity index is 1.94. The van der Waals surface area contributed by atoms with Crippen LogP contribution in [-0.4, -0.2) is 37.5 Å². The number of anilines is 2. The predicted octanol–water partition coefficient (Wildman–Crippen LogP) is 3.45. The van der Waals surface area contributed by atoms with Crippen LogP contribution in [0.5, 0.6) is 11.5 Å². The van der Waals surface area contributed by atoms with Crippen molar-refractivity contribution < 1.29 is 23.9 Å². The summed E-state index contributed by atoms with van der Waals surface area (Å²) in [5.74, 6) is -0.0321. The van der Waals surface area contributed by atoms with Gasteiger partial charge in [0.25, 0.3) is 5.91 Å². The second-order valence-corrected chi connectivity index (χ2v) is 6.98. The number of rotatable bonds is 10. The average Bonchev–Trinajstić information content (AvgIpc) is 2.73. The molecule has 0 unspecified atom stereocenters. The molecule has 0 saturated carbocycles. The van der Waals surface area contributed by atoms with E-state index in [2.05, 4.69) is 16.0 Å². The number of carbonyl (C=O) groups is 3. The summed E-state index contributed by atoms with van der Waals surface area (Å²) in [6.07, 6.45) is 0. The van der Waals surface area contributed by atoms with Crippen molar-refractivity contribution >= 4 is 29.1 Å². The Morgan fingerprint density at radius 1 is 0.871 bits per heavy atom. The fourth-order valence-electron chi connectivity index (χ4n) is 2.62. The number of amides is 3. The molecule has 3 N–H and O–H groups in total. The van der Waals surface area contributed by atoms with Crippen LogP contribution >= 0.6 is 0 Å². The summed E-state index contributed by atoms with van der Waals surface area (Å²) in [6, 6.07) is 11.7. The molecule has 2 aromatic carbocycles. The number of carbonyl (C=O) groups excluding carboxylic acids is 3. The lowest BCUT2D eigenvalue weighted by Crippen LogP contribution is -2.32. The molecular formula is C23H29N3O5. The highest BCUT2D eigenvalue weighted by Gasteiger charge is 2.13. The summed E-state index contributed by atoms with van der Waals surface area (Å²) < 4.78 is 11.0. The van der Waals surface area contributed by atoms with Gasteiger partial charge in [-0.3, -0.25) is 14.4 Å². The van der Waals surface area contributed by atoms with Crippen LogP contribution < -0.4 is 25.4 Å². The SMILES string of the molecule is CCOc1ccc(C(=O)NCC(=O)Nc2cccc(NC(=O)C(C)C)c2)cc1OCC. The normalized spacial score (nSPS) is 10.4. The Morgan fingerprint density at radius 3 is 2.16 bits per heavy atom. The minimum Gasteiger partial charge on any atom is -0.490 e. The van der Waals surface area contributed by atoms with Gasteiger partial charge in [0.05, 0.1) is 19.8 Å². The van der Waals surface area contributed by atoms with Crippen molar-refractivity contribution in [3.05, 3.63) is 48.0 Å². The fraction of sp³-hybridized carbons (Fsp3) is 0.348. The van der Waals surface area contributed by atoms with Crippen LogP contribution in [-0.2, 0) is 9.59 Å². The predicted molar refractivity (Wildman–Crippen MR) is 120 cm³/mol. The second-order valence-electron chi connectivity index (χ2n) is 6.98. The van der Waals surface area contributed by atoms with Crippen molar-refractivity contribution in [3.63, 3.8) is 0 Å². The van der Waals surface area contributed by atoms with Crippen molar-refractivity contribution in [2.24, 2.45) is 5.92 Å². The number of nitrogens with one attached hydrogen (secondary N) is 3. The molecule has 0 heterocycles. The molecule has 0 aliphatic carbocycles. The molecule has 0 spiro atoms. The Kier molecular flexibility index (Phi) is 8.87. The molecule has 0 aliphatic heterocycles. The lowest BCUT2D eigenvalue weighted by atomic mass is 10.2. The molecule has 0 bridgehead atoms. The van der Waals surface area contributed by atoms with Gasteiger partial charge in [-0.1, -0.05) is 19.9 Å². The van der Waals surface area contributed by atoms with Crippen LogP contribution in [0.25, 0.3) is 0 Å². The fourth-order valence-corrected chi connectivity index (χ4v) is 2.62. The van der Waals surface area contributed by atoms with Crippen molar-refractivity contribution in [3.8, 4) is 11.5 Å². The molecule has 0 aliphatic rings. The maximum Gasteiger partial charge on any atom is 0.251 e. The van der Waals surface area contributed by atoms with E-state index in [1.807, 2.05) is 13.8 Å². The van der Waals surface area contributed by atoms with E-state index in [0.29, 0.717) is 41.7 Å². The van der Waals surface area contributed by atoms with E-state index in [1.165, 1.54) is 0 Å². The van der Waals surface area contributed by atoms with Gasteiger partial charge in [-0.25, -0.2) is 0 Å². The number of hydrogen-bond acceptors (Lipinski definition) is 5. The molecule has 166 valence electrons. The smallest absolute Gasteiger partial charge is 0.251 e. The van der Waals surface area contributed by atoms with Gasteiger partial charge in [-0.2, -0.15) is 0 Å². The zero-order valence-electron chi connectivity index (χ0n) is 18.3.